The summed E-state index contributed by atoms with van der Waals surface area (Å²) in [4.78, 5) is 0. The van der Waals surface area contributed by atoms with Gasteiger partial charge in [-0.1, -0.05) is 15.9 Å². The Hall–Kier alpha value is -0.960. The number of benzene rings is 1. The molecule has 1 aliphatic rings. The van der Waals surface area contributed by atoms with Gasteiger partial charge in [0.25, 0.3) is 0 Å². The minimum atomic E-state index is 0.861. The molecule has 0 saturated heterocycles. The lowest BCUT2D eigenvalue weighted by molar-refractivity contribution is 0.363. The third-order valence-electron chi connectivity index (χ3n) is 2.34. The number of hydrogen-bond donors (Lipinski definition) is 0. The Kier molecular flexibility index (Phi) is 2.50. The summed E-state index contributed by atoms with van der Waals surface area (Å²) < 4.78 is 11.6. The van der Waals surface area contributed by atoms with Crippen molar-refractivity contribution in [2.24, 2.45) is 0 Å². The van der Waals surface area contributed by atoms with E-state index in [0.717, 1.165) is 28.0 Å². The normalized spacial score (nSPS) is 13.5. The molecule has 0 atom stereocenters. The molecule has 1 aromatic rings. The Labute approximate surface area is 91.7 Å². The quantitative estimate of drug-likeness (QED) is 0.808. The highest BCUT2D eigenvalue weighted by Crippen LogP contribution is 2.37. The standard InChI is InChI=1S/C11H11BrO2/c1-13-9-4-3-7-5-8(12)6-10(14-2)11(7)9/h4-6H,3H2,1-2H3. The zero-order chi connectivity index (χ0) is 10.1. The number of ether oxygens (including phenoxy) is 2. The second kappa shape index (κ2) is 3.65. The van der Waals surface area contributed by atoms with Crippen molar-refractivity contribution in [3.63, 3.8) is 0 Å². The van der Waals surface area contributed by atoms with Crippen LogP contribution >= 0.6 is 15.9 Å². The van der Waals surface area contributed by atoms with Gasteiger partial charge in [0, 0.05) is 4.47 Å². The molecule has 3 heteroatoms. The van der Waals surface area contributed by atoms with E-state index < -0.39 is 0 Å². The number of rotatable bonds is 2. The highest BCUT2D eigenvalue weighted by atomic mass is 79.9. The van der Waals surface area contributed by atoms with Crippen molar-refractivity contribution in [2.45, 2.75) is 6.42 Å². The minimum absolute atomic E-state index is 0.861. The molecule has 0 N–H and O–H groups in total. The summed E-state index contributed by atoms with van der Waals surface area (Å²) in [5, 5.41) is 0. The maximum atomic E-state index is 5.32. The molecule has 0 bridgehead atoms. The molecule has 0 amide bonds. The summed E-state index contributed by atoms with van der Waals surface area (Å²) in [6, 6.07) is 4.05. The Morgan fingerprint density at radius 2 is 2.00 bits per heavy atom. The predicted octanol–water partition coefficient (Wildman–Crippen LogP) is 3.00. The van der Waals surface area contributed by atoms with Crippen molar-refractivity contribution in [2.75, 3.05) is 14.2 Å². The molecular weight excluding hydrogens is 244 g/mol. The van der Waals surface area contributed by atoms with Crippen molar-refractivity contribution >= 4 is 21.7 Å². The molecule has 14 heavy (non-hydrogen) atoms. The first-order chi connectivity index (χ1) is 6.76. The molecule has 0 fully saturated rings. The van der Waals surface area contributed by atoms with Crippen LogP contribution in [0.25, 0.3) is 5.76 Å². The minimum Gasteiger partial charge on any atom is -0.496 e. The van der Waals surface area contributed by atoms with E-state index in [1.807, 2.05) is 6.07 Å². The van der Waals surface area contributed by atoms with Gasteiger partial charge in [-0.3, -0.25) is 0 Å². The lowest BCUT2D eigenvalue weighted by atomic mass is 10.1. The molecule has 2 rings (SSSR count). The highest BCUT2D eigenvalue weighted by molar-refractivity contribution is 9.10. The molecule has 0 aromatic heterocycles. The number of fused-ring (bicyclic) bond motifs is 1. The fourth-order valence-corrected chi connectivity index (χ4v) is 2.21. The van der Waals surface area contributed by atoms with Gasteiger partial charge < -0.3 is 9.47 Å². The first-order valence-electron chi connectivity index (χ1n) is 4.37. The summed E-state index contributed by atoms with van der Waals surface area (Å²) in [6.45, 7) is 0. The van der Waals surface area contributed by atoms with E-state index in [2.05, 4.69) is 28.1 Å². The van der Waals surface area contributed by atoms with Crippen LogP contribution in [-0.4, -0.2) is 14.2 Å². The average molecular weight is 255 g/mol. The Morgan fingerprint density at radius 1 is 1.21 bits per heavy atom. The van der Waals surface area contributed by atoms with Gasteiger partial charge in [-0.05, 0) is 30.2 Å². The van der Waals surface area contributed by atoms with Gasteiger partial charge >= 0.3 is 0 Å². The Bertz CT molecular complexity index is 397. The summed E-state index contributed by atoms with van der Waals surface area (Å²) in [7, 11) is 3.36. The van der Waals surface area contributed by atoms with Crippen LogP contribution in [0.2, 0.25) is 0 Å². The first-order valence-corrected chi connectivity index (χ1v) is 5.16. The van der Waals surface area contributed by atoms with E-state index in [1.54, 1.807) is 14.2 Å². The topological polar surface area (TPSA) is 18.5 Å². The molecule has 0 heterocycles. The zero-order valence-electron chi connectivity index (χ0n) is 8.13. The van der Waals surface area contributed by atoms with E-state index in [-0.39, 0.29) is 0 Å². The zero-order valence-corrected chi connectivity index (χ0v) is 9.72. The second-order valence-electron chi connectivity index (χ2n) is 3.12. The molecule has 0 aliphatic heterocycles. The number of hydrogen-bond acceptors (Lipinski definition) is 2. The van der Waals surface area contributed by atoms with Crippen LogP contribution in [0.3, 0.4) is 0 Å². The Balaban J connectivity index is 2.57. The van der Waals surface area contributed by atoms with Crippen LogP contribution in [0, 0.1) is 0 Å². The predicted molar refractivity (Wildman–Crippen MR) is 59.4 cm³/mol. The maximum Gasteiger partial charge on any atom is 0.131 e. The van der Waals surface area contributed by atoms with Gasteiger partial charge in [0.1, 0.15) is 11.5 Å². The van der Waals surface area contributed by atoms with Crippen LogP contribution in [0.4, 0.5) is 0 Å². The van der Waals surface area contributed by atoms with E-state index >= 15 is 0 Å². The fraction of sp³-hybridized carbons (Fsp3) is 0.273. The first kappa shape index (κ1) is 9.59. The van der Waals surface area contributed by atoms with E-state index in [4.69, 9.17) is 9.47 Å². The lowest BCUT2D eigenvalue weighted by Crippen LogP contribution is -1.93. The van der Waals surface area contributed by atoms with Gasteiger partial charge in [0.05, 0.1) is 19.8 Å². The Morgan fingerprint density at radius 3 is 2.64 bits per heavy atom. The number of methoxy groups -OCH3 is 2. The molecule has 0 spiro atoms. The SMILES string of the molecule is COC1=CCc2cc(Br)cc(OC)c21. The van der Waals surface area contributed by atoms with Gasteiger partial charge in [-0.25, -0.2) is 0 Å². The van der Waals surface area contributed by atoms with Crippen molar-refractivity contribution in [3.05, 3.63) is 33.8 Å². The van der Waals surface area contributed by atoms with Crippen molar-refractivity contribution in [1.29, 1.82) is 0 Å². The van der Waals surface area contributed by atoms with Crippen molar-refractivity contribution < 1.29 is 9.47 Å². The average Bonchev–Trinajstić information content (AvgIpc) is 2.59. The molecule has 0 unspecified atom stereocenters. The van der Waals surface area contributed by atoms with E-state index in [1.165, 1.54) is 5.56 Å². The third kappa shape index (κ3) is 1.42. The van der Waals surface area contributed by atoms with Crippen LogP contribution in [0.1, 0.15) is 11.1 Å². The van der Waals surface area contributed by atoms with Crippen LogP contribution < -0.4 is 4.74 Å². The molecule has 0 radical (unpaired) electrons. The molecule has 0 saturated carbocycles. The van der Waals surface area contributed by atoms with Gasteiger partial charge in [0.2, 0.25) is 0 Å². The smallest absolute Gasteiger partial charge is 0.131 e. The van der Waals surface area contributed by atoms with E-state index in [9.17, 15) is 0 Å². The number of allylic oxidation sites excluding steroid dienone is 1. The van der Waals surface area contributed by atoms with Gasteiger partial charge in [-0.2, -0.15) is 0 Å². The molecule has 2 nitrogen and oxygen atoms in total. The van der Waals surface area contributed by atoms with E-state index in [0.29, 0.717) is 0 Å². The van der Waals surface area contributed by atoms with Crippen molar-refractivity contribution in [3.8, 4) is 5.75 Å². The molecular formula is C11H11BrO2. The number of halogens is 1. The van der Waals surface area contributed by atoms with Crippen molar-refractivity contribution in [1.82, 2.24) is 0 Å². The van der Waals surface area contributed by atoms with Crippen LogP contribution in [0.15, 0.2) is 22.7 Å². The summed E-state index contributed by atoms with van der Waals surface area (Å²) in [5.74, 6) is 1.77. The largest absolute Gasteiger partial charge is 0.496 e. The van der Waals surface area contributed by atoms with Gasteiger partial charge in [0.15, 0.2) is 0 Å². The molecule has 1 aromatic carbocycles. The summed E-state index contributed by atoms with van der Waals surface area (Å²) >= 11 is 3.45. The van der Waals surface area contributed by atoms with Crippen LogP contribution in [0.5, 0.6) is 5.75 Å². The van der Waals surface area contributed by atoms with Crippen LogP contribution in [-0.2, 0) is 11.2 Å². The molecule has 74 valence electrons. The fourth-order valence-electron chi connectivity index (χ4n) is 1.73. The lowest BCUT2D eigenvalue weighted by Gasteiger charge is -2.10. The molecule has 1 aliphatic carbocycles. The monoisotopic (exact) mass is 254 g/mol. The third-order valence-corrected chi connectivity index (χ3v) is 2.80. The highest BCUT2D eigenvalue weighted by Gasteiger charge is 2.20. The summed E-state index contributed by atoms with van der Waals surface area (Å²) in [6.07, 6.45) is 2.98. The maximum absolute atomic E-state index is 5.32. The second-order valence-corrected chi connectivity index (χ2v) is 4.03. The van der Waals surface area contributed by atoms with Gasteiger partial charge in [-0.15, -0.1) is 0 Å². The summed E-state index contributed by atoms with van der Waals surface area (Å²) in [5.41, 5.74) is 2.33.